The Kier molecular flexibility index (Phi) is 5.95. The first-order valence-electron chi connectivity index (χ1n) is 6.11. The fourth-order valence-corrected chi connectivity index (χ4v) is 2.24. The van der Waals surface area contributed by atoms with Crippen molar-refractivity contribution in [2.75, 3.05) is 13.1 Å². The summed E-state index contributed by atoms with van der Waals surface area (Å²) in [6, 6.07) is 0. The Hall–Kier alpha value is -1.01. The number of carbonyl (C=O) groups is 1. The third-order valence-corrected chi connectivity index (χ3v) is 3.14. The monoisotopic (exact) mass is 223 g/mol. The summed E-state index contributed by atoms with van der Waals surface area (Å²) in [5.41, 5.74) is 0. The van der Waals surface area contributed by atoms with Crippen molar-refractivity contribution in [2.45, 2.75) is 45.1 Å². The van der Waals surface area contributed by atoms with Crippen LogP contribution in [0.15, 0.2) is 0 Å². The van der Waals surface area contributed by atoms with Gasteiger partial charge in [0.05, 0.1) is 13.1 Å². The predicted octanol–water partition coefficient (Wildman–Crippen LogP) is 1.72. The smallest absolute Gasteiger partial charge is 0.320 e. The second-order valence-corrected chi connectivity index (χ2v) is 4.29. The highest BCUT2D eigenvalue weighted by Crippen LogP contribution is 2.29. The van der Waals surface area contributed by atoms with Crippen LogP contribution in [-0.4, -0.2) is 25.2 Å². The average Bonchev–Trinajstić information content (AvgIpc) is 2.30. The molecular weight excluding hydrogens is 202 g/mol. The van der Waals surface area contributed by atoms with Crippen LogP contribution in [0.2, 0.25) is 0 Å². The van der Waals surface area contributed by atoms with Gasteiger partial charge in [0.2, 0.25) is 0 Å². The zero-order chi connectivity index (χ0) is 11.8. The lowest BCUT2D eigenvalue weighted by atomic mass is 9.85. The quantitative estimate of drug-likeness (QED) is 0.438. The molecule has 2 atom stereocenters. The van der Waals surface area contributed by atoms with Gasteiger partial charge in [0, 0.05) is 0 Å². The average molecular weight is 223 g/mol. The van der Waals surface area contributed by atoms with E-state index in [0.29, 0.717) is 12.5 Å². The molecule has 3 heteroatoms. The summed E-state index contributed by atoms with van der Waals surface area (Å²) in [7, 11) is 0. The summed E-state index contributed by atoms with van der Waals surface area (Å²) in [5.74, 6) is 2.79. The first kappa shape index (κ1) is 13.1. The second-order valence-electron chi connectivity index (χ2n) is 4.29. The maximum absolute atomic E-state index is 11.5. The fourth-order valence-electron chi connectivity index (χ4n) is 2.24. The molecule has 0 amide bonds. The highest BCUT2D eigenvalue weighted by atomic mass is 16.5. The van der Waals surface area contributed by atoms with Crippen molar-refractivity contribution in [3.8, 4) is 12.3 Å². The number of carbonyl (C=O) groups excluding carboxylic acids is 1. The van der Waals surface area contributed by atoms with E-state index in [-0.39, 0.29) is 18.6 Å². The first-order valence-corrected chi connectivity index (χ1v) is 6.11. The van der Waals surface area contributed by atoms with Gasteiger partial charge in [-0.1, -0.05) is 19.3 Å². The highest BCUT2D eigenvalue weighted by Gasteiger charge is 2.26. The second kappa shape index (κ2) is 7.29. The zero-order valence-electron chi connectivity index (χ0n) is 10.00. The van der Waals surface area contributed by atoms with E-state index in [1.807, 2.05) is 0 Å². The van der Waals surface area contributed by atoms with Gasteiger partial charge in [-0.05, 0) is 31.6 Å². The van der Waals surface area contributed by atoms with E-state index in [4.69, 9.17) is 11.2 Å². The lowest BCUT2D eigenvalue weighted by molar-refractivity contribution is -0.152. The molecule has 3 nitrogen and oxygen atoms in total. The van der Waals surface area contributed by atoms with Gasteiger partial charge in [0.25, 0.3) is 0 Å². The standard InChI is InChI=1S/C13H21NO2/c1-3-9-14-10-13(15)16-12-8-6-5-7-11(12)4-2/h1,11-12,14H,4-10H2,2H3. The Morgan fingerprint density at radius 3 is 2.94 bits per heavy atom. The van der Waals surface area contributed by atoms with Crippen LogP contribution in [0.5, 0.6) is 0 Å². The van der Waals surface area contributed by atoms with Gasteiger partial charge in [0.1, 0.15) is 6.10 Å². The van der Waals surface area contributed by atoms with Gasteiger partial charge < -0.3 is 4.74 Å². The lowest BCUT2D eigenvalue weighted by Crippen LogP contribution is -2.33. The Morgan fingerprint density at radius 2 is 2.25 bits per heavy atom. The molecule has 1 rings (SSSR count). The summed E-state index contributed by atoms with van der Waals surface area (Å²) < 4.78 is 5.47. The largest absolute Gasteiger partial charge is 0.461 e. The van der Waals surface area contributed by atoms with E-state index in [1.165, 1.54) is 19.3 Å². The highest BCUT2D eigenvalue weighted by molar-refractivity contribution is 5.71. The normalized spacial score (nSPS) is 24.8. The molecule has 1 aliphatic rings. The molecule has 1 fully saturated rings. The maximum Gasteiger partial charge on any atom is 0.320 e. The molecule has 90 valence electrons. The third kappa shape index (κ3) is 4.24. The van der Waals surface area contributed by atoms with E-state index in [1.54, 1.807) is 0 Å². The molecule has 0 aromatic carbocycles. The van der Waals surface area contributed by atoms with Crippen LogP contribution in [0.4, 0.5) is 0 Å². The number of hydrogen-bond acceptors (Lipinski definition) is 3. The van der Waals surface area contributed by atoms with E-state index < -0.39 is 0 Å². The molecule has 0 spiro atoms. The minimum absolute atomic E-state index is 0.124. The number of nitrogens with one attached hydrogen (secondary N) is 1. The molecular formula is C13H21NO2. The van der Waals surface area contributed by atoms with Crippen LogP contribution < -0.4 is 5.32 Å². The van der Waals surface area contributed by atoms with Crippen molar-refractivity contribution in [2.24, 2.45) is 5.92 Å². The Bertz CT molecular complexity index is 257. The zero-order valence-corrected chi connectivity index (χ0v) is 10.00. The summed E-state index contributed by atoms with van der Waals surface area (Å²) in [4.78, 5) is 11.5. The Balaban J connectivity index is 2.28. The van der Waals surface area contributed by atoms with Crippen LogP contribution in [0.3, 0.4) is 0 Å². The molecule has 0 bridgehead atoms. The summed E-state index contributed by atoms with van der Waals surface area (Å²) in [5, 5.41) is 2.85. The van der Waals surface area contributed by atoms with Crippen LogP contribution in [0, 0.1) is 18.3 Å². The van der Waals surface area contributed by atoms with E-state index >= 15 is 0 Å². The number of ether oxygens (including phenoxy) is 1. The van der Waals surface area contributed by atoms with Crippen molar-refractivity contribution >= 4 is 5.97 Å². The third-order valence-electron chi connectivity index (χ3n) is 3.14. The van der Waals surface area contributed by atoms with Crippen LogP contribution in [-0.2, 0) is 9.53 Å². The van der Waals surface area contributed by atoms with Gasteiger partial charge in [-0.3, -0.25) is 10.1 Å². The predicted molar refractivity (Wildman–Crippen MR) is 63.8 cm³/mol. The SMILES string of the molecule is C#CCNCC(=O)OC1CCCCC1CC. The summed E-state index contributed by atoms with van der Waals surface area (Å²) in [6.45, 7) is 2.79. The fraction of sp³-hybridized carbons (Fsp3) is 0.769. The molecule has 1 saturated carbocycles. The number of esters is 1. The van der Waals surface area contributed by atoms with Crippen molar-refractivity contribution in [1.29, 1.82) is 0 Å². The maximum atomic E-state index is 11.5. The number of rotatable bonds is 5. The molecule has 1 N–H and O–H groups in total. The first-order chi connectivity index (χ1) is 7.77. The Labute approximate surface area is 97.9 Å². The van der Waals surface area contributed by atoms with Crippen LogP contribution in [0.1, 0.15) is 39.0 Å². The van der Waals surface area contributed by atoms with Crippen LogP contribution in [0.25, 0.3) is 0 Å². The van der Waals surface area contributed by atoms with E-state index in [9.17, 15) is 4.79 Å². The number of terminal acetylenes is 1. The Morgan fingerprint density at radius 1 is 1.50 bits per heavy atom. The van der Waals surface area contributed by atoms with E-state index in [2.05, 4.69) is 18.2 Å². The van der Waals surface area contributed by atoms with Crippen molar-refractivity contribution in [1.82, 2.24) is 5.32 Å². The topological polar surface area (TPSA) is 38.3 Å². The van der Waals surface area contributed by atoms with Crippen molar-refractivity contribution in [3.63, 3.8) is 0 Å². The molecule has 0 saturated heterocycles. The lowest BCUT2D eigenvalue weighted by Gasteiger charge is -2.30. The van der Waals surface area contributed by atoms with Crippen molar-refractivity contribution < 1.29 is 9.53 Å². The molecule has 0 radical (unpaired) electrons. The number of hydrogen-bond donors (Lipinski definition) is 1. The molecule has 2 unspecified atom stereocenters. The molecule has 0 aromatic rings. The minimum Gasteiger partial charge on any atom is -0.461 e. The summed E-state index contributed by atoms with van der Waals surface area (Å²) in [6.07, 6.45) is 10.9. The van der Waals surface area contributed by atoms with Crippen LogP contribution >= 0.6 is 0 Å². The van der Waals surface area contributed by atoms with Gasteiger partial charge in [0.15, 0.2) is 0 Å². The molecule has 1 aliphatic carbocycles. The summed E-state index contributed by atoms with van der Waals surface area (Å²) >= 11 is 0. The molecule has 0 aromatic heterocycles. The molecule has 0 heterocycles. The minimum atomic E-state index is -0.180. The van der Waals surface area contributed by atoms with E-state index in [0.717, 1.165) is 12.8 Å². The van der Waals surface area contributed by atoms with Gasteiger partial charge in [-0.15, -0.1) is 6.42 Å². The van der Waals surface area contributed by atoms with Gasteiger partial charge in [-0.2, -0.15) is 0 Å². The molecule has 16 heavy (non-hydrogen) atoms. The van der Waals surface area contributed by atoms with Crippen molar-refractivity contribution in [3.05, 3.63) is 0 Å². The van der Waals surface area contributed by atoms with Gasteiger partial charge >= 0.3 is 5.97 Å². The van der Waals surface area contributed by atoms with Gasteiger partial charge in [-0.25, -0.2) is 0 Å². The molecule has 0 aliphatic heterocycles.